The summed E-state index contributed by atoms with van der Waals surface area (Å²) >= 11 is 0. The molecule has 1 amide bonds. The molecular weight excluding hydrogens is 244 g/mol. The smallest absolute Gasteiger partial charge is 0.326 e. The third kappa shape index (κ3) is 3.47. The Kier molecular flexibility index (Phi) is 4.80. The van der Waals surface area contributed by atoms with Crippen LogP contribution in [0.2, 0.25) is 0 Å². The van der Waals surface area contributed by atoms with Gasteiger partial charge in [0.15, 0.2) is 0 Å². The molecule has 0 bridgehead atoms. The van der Waals surface area contributed by atoms with Gasteiger partial charge in [-0.3, -0.25) is 4.79 Å². The Morgan fingerprint density at radius 1 is 1.37 bits per heavy atom. The largest absolute Gasteiger partial charge is 0.480 e. The molecule has 2 aliphatic rings. The first-order chi connectivity index (χ1) is 9.11. The summed E-state index contributed by atoms with van der Waals surface area (Å²) in [6.07, 6.45) is 6.92. The molecule has 1 saturated carbocycles. The fourth-order valence-electron chi connectivity index (χ4n) is 3.34. The molecule has 0 aromatic heterocycles. The van der Waals surface area contributed by atoms with Crippen molar-refractivity contribution in [3.8, 4) is 0 Å². The van der Waals surface area contributed by atoms with E-state index in [1.807, 2.05) is 6.92 Å². The number of rotatable bonds is 5. The normalized spacial score (nSPS) is 31.5. The fourth-order valence-corrected chi connectivity index (χ4v) is 3.34. The van der Waals surface area contributed by atoms with E-state index < -0.39 is 12.0 Å². The highest BCUT2D eigenvalue weighted by molar-refractivity contribution is 5.87. The average Bonchev–Trinajstić information content (AvgIpc) is 2.81. The lowest BCUT2D eigenvalue weighted by molar-refractivity contribution is -0.142. The summed E-state index contributed by atoms with van der Waals surface area (Å²) < 4.78 is 0. The number of fused-ring (bicyclic) bond motifs is 1. The van der Waals surface area contributed by atoms with Gasteiger partial charge in [0, 0.05) is 6.04 Å². The van der Waals surface area contributed by atoms with Crippen molar-refractivity contribution in [1.29, 1.82) is 0 Å². The second kappa shape index (κ2) is 6.37. The third-order valence-corrected chi connectivity index (χ3v) is 4.37. The van der Waals surface area contributed by atoms with Crippen LogP contribution in [0.5, 0.6) is 0 Å². The minimum atomic E-state index is -0.939. The summed E-state index contributed by atoms with van der Waals surface area (Å²) in [5.74, 6) is -0.486. The van der Waals surface area contributed by atoms with Crippen molar-refractivity contribution >= 4 is 11.9 Å². The summed E-state index contributed by atoms with van der Waals surface area (Å²) in [6, 6.07) is -0.493. The van der Waals surface area contributed by atoms with E-state index in [9.17, 15) is 9.59 Å². The van der Waals surface area contributed by atoms with Crippen LogP contribution in [-0.2, 0) is 9.59 Å². The molecule has 4 atom stereocenters. The molecule has 108 valence electrons. The van der Waals surface area contributed by atoms with Crippen molar-refractivity contribution in [2.75, 3.05) is 0 Å². The van der Waals surface area contributed by atoms with Crippen molar-refractivity contribution < 1.29 is 14.7 Å². The first kappa shape index (κ1) is 14.3. The molecule has 0 spiro atoms. The summed E-state index contributed by atoms with van der Waals surface area (Å²) in [7, 11) is 0. The number of carbonyl (C=O) groups excluding carboxylic acids is 1. The maximum Gasteiger partial charge on any atom is 0.326 e. The van der Waals surface area contributed by atoms with Crippen molar-refractivity contribution in [2.45, 2.75) is 70.0 Å². The minimum Gasteiger partial charge on any atom is -0.480 e. The zero-order valence-electron chi connectivity index (χ0n) is 11.5. The number of carboxylic acids is 1. The van der Waals surface area contributed by atoms with E-state index in [-0.39, 0.29) is 11.9 Å². The van der Waals surface area contributed by atoms with Crippen LogP contribution in [-0.4, -0.2) is 35.1 Å². The lowest BCUT2D eigenvalue weighted by atomic mass is 9.85. The van der Waals surface area contributed by atoms with E-state index in [0.717, 1.165) is 19.3 Å². The fraction of sp³-hybridized carbons (Fsp3) is 0.857. The van der Waals surface area contributed by atoms with Gasteiger partial charge in [-0.1, -0.05) is 26.2 Å². The predicted octanol–water partition coefficient (Wildman–Crippen LogP) is 1.28. The van der Waals surface area contributed by atoms with Crippen LogP contribution in [0, 0.1) is 5.92 Å². The lowest BCUT2D eigenvalue weighted by Crippen LogP contribution is -2.49. The van der Waals surface area contributed by atoms with Crippen molar-refractivity contribution in [2.24, 2.45) is 5.92 Å². The summed E-state index contributed by atoms with van der Waals surface area (Å²) in [4.78, 5) is 23.2. The SMILES string of the molecule is CCCC(NC(=O)C1CC2CCCCC2N1)C(=O)O. The van der Waals surface area contributed by atoms with Gasteiger partial charge in [0.1, 0.15) is 6.04 Å². The van der Waals surface area contributed by atoms with Crippen LogP contribution in [0.25, 0.3) is 0 Å². The predicted molar refractivity (Wildman–Crippen MR) is 71.8 cm³/mol. The van der Waals surface area contributed by atoms with Crippen LogP contribution in [0.3, 0.4) is 0 Å². The highest BCUT2D eigenvalue weighted by atomic mass is 16.4. The summed E-state index contributed by atoms with van der Waals surface area (Å²) in [5, 5.41) is 15.1. The number of hydrogen-bond donors (Lipinski definition) is 3. The Labute approximate surface area is 114 Å². The Hall–Kier alpha value is -1.10. The first-order valence-corrected chi connectivity index (χ1v) is 7.41. The molecule has 3 N–H and O–H groups in total. The molecular formula is C14H24N2O3. The highest BCUT2D eigenvalue weighted by Crippen LogP contribution is 2.33. The number of aliphatic carboxylic acids is 1. The van der Waals surface area contributed by atoms with Gasteiger partial charge in [-0.15, -0.1) is 0 Å². The van der Waals surface area contributed by atoms with Crippen LogP contribution in [0.1, 0.15) is 51.9 Å². The highest BCUT2D eigenvalue weighted by Gasteiger charge is 2.38. The third-order valence-electron chi connectivity index (χ3n) is 4.37. The van der Waals surface area contributed by atoms with Gasteiger partial charge in [-0.05, 0) is 31.6 Å². The number of carbonyl (C=O) groups is 2. The van der Waals surface area contributed by atoms with E-state index >= 15 is 0 Å². The average molecular weight is 268 g/mol. The molecule has 1 aliphatic heterocycles. The Bertz CT molecular complexity index is 332. The Morgan fingerprint density at radius 2 is 2.11 bits per heavy atom. The zero-order chi connectivity index (χ0) is 13.8. The van der Waals surface area contributed by atoms with Crippen LogP contribution in [0.4, 0.5) is 0 Å². The number of carboxylic acid groups (broad SMARTS) is 1. The molecule has 1 aliphatic carbocycles. The maximum absolute atomic E-state index is 12.1. The Morgan fingerprint density at radius 3 is 2.74 bits per heavy atom. The van der Waals surface area contributed by atoms with Gasteiger partial charge in [0.05, 0.1) is 6.04 Å². The van der Waals surface area contributed by atoms with E-state index in [1.54, 1.807) is 0 Å². The second-order valence-electron chi connectivity index (χ2n) is 5.79. The molecule has 2 fully saturated rings. The molecule has 4 unspecified atom stereocenters. The van der Waals surface area contributed by atoms with E-state index in [0.29, 0.717) is 18.4 Å². The number of nitrogens with one attached hydrogen (secondary N) is 2. The summed E-state index contributed by atoms with van der Waals surface area (Å²) in [5.41, 5.74) is 0. The number of hydrogen-bond acceptors (Lipinski definition) is 3. The topological polar surface area (TPSA) is 78.4 Å². The molecule has 19 heavy (non-hydrogen) atoms. The molecule has 5 heteroatoms. The van der Waals surface area contributed by atoms with Crippen molar-refractivity contribution in [1.82, 2.24) is 10.6 Å². The molecule has 0 aromatic carbocycles. The standard InChI is InChI=1S/C14H24N2O3/c1-2-5-11(14(18)19)16-13(17)12-8-9-6-3-4-7-10(9)15-12/h9-12,15H,2-8H2,1H3,(H,16,17)(H,18,19). The van der Waals surface area contributed by atoms with Gasteiger partial charge in [-0.25, -0.2) is 4.79 Å². The molecule has 1 saturated heterocycles. The zero-order valence-corrected chi connectivity index (χ0v) is 11.5. The first-order valence-electron chi connectivity index (χ1n) is 7.41. The summed E-state index contributed by atoms with van der Waals surface area (Å²) in [6.45, 7) is 1.92. The van der Waals surface area contributed by atoms with E-state index in [4.69, 9.17) is 5.11 Å². The Balaban J connectivity index is 1.87. The van der Waals surface area contributed by atoms with Crippen LogP contribution < -0.4 is 10.6 Å². The van der Waals surface area contributed by atoms with E-state index in [2.05, 4.69) is 10.6 Å². The minimum absolute atomic E-state index is 0.143. The quantitative estimate of drug-likeness (QED) is 0.702. The lowest BCUT2D eigenvalue weighted by Gasteiger charge is -2.24. The van der Waals surface area contributed by atoms with Gasteiger partial charge in [-0.2, -0.15) is 0 Å². The molecule has 0 radical (unpaired) electrons. The van der Waals surface area contributed by atoms with E-state index in [1.165, 1.54) is 19.3 Å². The number of amides is 1. The van der Waals surface area contributed by atoms with Crippen molar-refractivity contribution in [3.05, 3.63) is 0 Å². The van der Waals surface area contributed by atoms with Gasteiger partial charge in [0.2, 0.25) is 5.91 Å². The van der Waals surface area contributed by atoms with Crippen molar-refractivity contribution in [3.63, 3.8) is 0 Å². The monoisotopic (exact) mass is 268 g/mol. The molecule has 1 heterocycles. The van der Waals surface area contributed by atoms with Gasteiger partial charge < -0.3 is 15.7 Å². The second-order valence-corrected chi connectivity index (χ2v) is 5.79. The van der Waals surface area contributed by atoms with Gasteiger partial charge in [0.25, 0.3) is 0 Å². The molecule has 2 rings (SSSR count). The van der Waals surface area contributed by atoms with Crippen LogP contribution in [0.15, 0.2) is 0 Å². The molecule has 5 nitrogen and oxygen atoms in total. The maximum atomic E-state index is 12.1. The van der Waals surface area contributed by atoms with Crippen LogP contribution >= 0.6 is 0 Å². The van der Waals surface area contributed by atoms with Gasteiger partial charge >= 0.3 is 5.97 Å². The molecule has 0 aromatic rings.